The molecule has 4 aromatic rings. The third-order valence-electron chi connectivity index (χ3n) is 8.10. The number of rotatable bonds is 9. The highest BCUT2D eigenvalue weighted by Gasteiger charge is 2.49. The zero-order valence-corrected chi connectivity index (χ0v) is 26.2. The number of aromatic nitrogens is 7. The number of carbonyl (C=O) groups excluding carboxylic acids is 1. The van der Waals surface area contributed by atoms with Crippen LogP contribution in [0.15, 0.2) is 42.7 Å². The van der Waals surface area contributed by atoms with Crippen molar-refractivity contribution in [3.8, 4) is 22.6 Å². The fraction of sp³-hybridized carbons (Fsp3) is 0.448. The van der Waals surface area contributed by atoms with E-state index < -0.39 is 77.2 Å². The molecule has 0 radical (unpaired) electrons. The molecule has 3 N–H and O–H groups in total. The van der Waals surface area contributed by atoms with Crippen LogP contribution >= 0.6 is 11.8 Å². The van der Waals surface area contributed by atoms with E-state index in [9.17, 15) is 33.3 Å². The number of benzene rings is 1. The Bertz CT molecular complexity index is 1740. The van der Waals surface area contributed by atoms with Gasteiger partial charge < -0.3 is 34.3 Å². The van der Waals surface area contributed by atoms with Gasteiger partial charge in [0.1, 0.15) is 52.9 Å². The quantitative estimate of drug-likeness (QED) is 0.167. The van der Waals surface area contributed by atoms with Crippen molar-refractivity contribution in [1.82, 2.24) is 35.0 Å². The molecule has 2 aliphatic rings. The molecule has 8 atom stereocenters. The van der Waals surface area contributed by atoms with Crippen LogP contribution in [0.5, 0.6) is 0 Å². The van der Waals surface area contributed by atoms with Gasteiger partial charge in [-0.25, -0.2) is 32.3 Å². The van der Waals surface area contributed by atoms with Crippen molar-refractivity contribution in [2.75, 3.05) is 34.0 Å². The number of hydrogen-bond donors (Lipinski definition) is 3. The number of aliphatic hydroxyl groups excluding tert-OH is 3. The summed E-state index contributed by atoms with van der Waals surface area (Å²) in [6.45, 7) is -0.377. The minimum atomic E-state index is -1.63. The molecule has 0 bridgehead atoms. The fourth-order valence-electron chi connectivity index (χ4n) is 5.61. The average Bonchev–Trinajstić information content (AvgIpc) is 3.79. The molecule has 2 saturated heterocycles. The topological polar surface area (TPSA) is 189 Å². The van der Waals surface area contributed by atoms with Crippen LogP contribution in [0.2, 0.25) is 0 Å². The highest BCUT2D eigenvalue weighted by Crippen LogP contribution is 2.41. The second-order valence-corrected chi connectivity index (χ2v) is 12.3. The van der Waals surface area contributed by atoms with Gasteiger partial charge in [0.2, 0.25) is 0 Å². The Morgan fingerprint density at radius 1 is 1.00 bits per heavy atom. The van der Waals surface area contributed by atoms with Gasteiger partial charge in [-0.3, -0.25) is 0 Å². The Hall–Kier alpha value is -3.98. The molecule has 0 saturated carbocycles. The van der Waals surface area contributed by atoms with Gasteiger partial charge in [-0.2, -0.15) is 0 Å². The van der Waals surface area contributed by atoms with Crippen LogP contribution in [0.25, 0.3) is 22.6 Å². The fourth-order valence-corrected chi connectivity index (χ4v) is 7.10. The minimum Gasteiger partial charge on any atom is -0.464 e. The van der Waals surface area contributed by atoms with Crippen LogP contribution in [0.4, 0.5) is 13.2 Å². The zero-order chi connectivity index (χ0) is 34.1. The van der Waals surface area contributed by atoms with Crippen molar-refractivity contribution in [2.45, 2.75) is 47.2 Å². The highest BCUT2D eigenvalue weighted by atomic mass is 32.2. The summed E-state index contributed by atoms with van der Waals surface area (Å²) in [7, 11) is 2.62. The van der Waals surface area contributed by atoms with Crippen LogP contribution in [0, 0.1) is 17.5 Å². The van der Waals surface area contributed by atoms with Gasteiger partial charge in [-0.15, -0.1) is 22.0 Å². The smallest absolute Gasteiger partial charge is 0.356 e. The van der Waals surface area contributed by atoms with E-state index in [1.807, 2.05) is 0 Å². The molecular weight excluding hydrogens is 663 g/mol. The van der Waals surface area contributed by atoms with E-state index in [1.54, 1.807) is 18.3 Å². The zero-order valence-electron chi connectivity index (χ0n) is 25.3. The third-order valence-corrected chi connectivity index (χ3v) is 9.52. The van der Waals surface area contributed by atoms with E-state index >= 15 is 0 Å². The maximum absolute atomic E-state index is 13.9. The van der Waals surface area contributed by atoms with Gasteiger partial charge in [-0.1, -0.05) is 16.5 Å². The van der Waals surface area contributed by atoms with Gasteiger partial charge in [-0.05, 0) is 24.3 Å². The van der Waals surface area contributed by atoms with Gasteiger partial charge in [0.05, 0.1) is 56.4 Å². The van der Waals surface area contributed by atoms with Gasteiger partial charge in [0.15, 0.2) is 17.5 Å². The summed E-state index contributed by atoms with van der Waals surface area (Å²) in [5.41, 5.74) is -0.192. The van der Waals surface area contributed by atoms with Crippen molar-refractivity contribution < 1.29 is 52.2 Å². The lowest BCUT2D eigenvalue weighted by Crippen LogP contribution is -2.56. The third kappa shape index (κ3) is 6.53. The largest absolute Gasteiger partial charge is 0.464 e. The van der Waals surface area contributed by atoms with E-state index in [-0.39, 0.29) is 30.2 Å². The second-order valence-electron chi connectivity index (χ2n) is 11.0. The normalized spacial score (nSPS) is 27.6. The number of nitrogens with zero attached hydrogens (tertiary/aromatic N) is 7. The summed E-state index contributed by atoms with van der Waals surface area (Å²) in [6.07, 6.45) is -1.60. The monoisotopic (exact) mass is 693 g/mol. The van der Waals surface area contributed by atoms with Crippen molar-refractivity contribution in [2.24, 2.45) is 0 Å². The molecule has 48 heavy (non-hydrogen) atoms. The molecule has 256 valence electrons. The van der Waals surface area contributed by atoms with E-state index in [0.29, 0.717) is 11.4 Å². The molecule has 6 rings (SSSR count). The molecule has 0 spiro atoms. The minimum absolute atomic E-state index is 0.00975. The standard InChI is InChI=1S/C29H30F3N7O8S/c1-44-27-24(39-8-18(34-37-39)13-6-14(30)23(32)15(31)7-13)26(42)21(10-40)47-29(27)48-22-12-46-11-20(25(22)41)38-9-19(35-36-38)16-4-3-5-17(33-16)28(43)45-2/h3-9,20-22,24-27,29,40-42H,10-12H2,1-2H3. The summed E-state index contributed by atoms with van der Waals surface area (Å²) >= 11 is 1.15. The van der Waals surface area contributed by atoms with Crippen LogP contribution in [0.1, 0.15) is 22.6 Å². The number of carbonyl (C=O) groups is 1. The molecule has 0 aliphatic carbocycles. The Labute approximate surface area is 274 Å². The highest BCUT2D eigenvalue weighted by molar-refractivity contribution is 8.00. The summed E-state index contributed by atoms with van der Waals surface area (Å²) in [6, 6.07) is 4.61. The molecule has 3 aromatic heterocycles. The number of ether oxygens (including phenoxy) is 4. The Morgan fingerprint density at radius 2 is 1.71 bits per heavy atom. The van der Waals surface area contributed by atoms with Crippen LogP contribution in [0.3, 0.4) is 0 Å². The number of hydrogen-bond acceptors (Lipinski definition) is 14. The van der Waals surface area contributed by atoms with Crippen molar-refractivity contribution in [1.29, 1.82) is 0 Å². The Balaban J connectivity index is 1.21. The molecule has 15 nitrogen and oxygen atoms in total. The summed E-state index contributed by atoms with van der Waals surface area (Å²) in [5, 5.41) is 48.3. The Morgan fingerprint density at radius 3 is 2.42 bits per heavy atom. The lowest BCUT2D eigenvalue weighted by atomic mass is 9.97. The van der Waals surface area contributed by atoms with Crippen molar-refractivity contribution in [3.63, 3.8) is 0 Å². The molecular formula is C29H30F3N7O8S. The van der Waals surface area contributed by atoms with Gasteiger partial charge >= 0.3 is 5.97 Å². The van der Waals surface area contributed by atoms with Crippen LogP contribution in [-0.4, -0.2) is 125 Å². The summed E-state index contributed by atoms with van der Waals surface area (Å²) in [5.74, 6) is -5.05. The van der Waals surface area contributed by atoms with Crippen LogP contribution in [-0.2, 0) is 18.9 Å². The number of methoxy groups -OCH3 is 2. The van der Waals surface area contributed by atoms with E-state index in [0.717, 1.165) is 23.9 Å². The first kappa shape index (κ1) is 33.9. The molecule has 19 heteroatoms. The number of thioether (sulfide) groups is 1. The number of pyridine rings is 1. The summed E-state index contributed by atoms with van der Waals surface area (Å²) in [4.78, 5) is 16.2. The first-order valence-corrected chi connectivity index (χ1v) is 15.5. The second kappa shape index (κ2) is 14.2. The molecule has 8 unspecified atom stereocenters. The molecule has 1 aromatic carbocycles. The number of aliphatic hydroxyl groups is 3. The van der Waals surface area contributed by atoms with Crippen molar-refractivity contribution >= 4 is 17.7 Å². The van der Waals surface area contributed by atoms with E-state index in [2.05, 4.69) is 25.6 Å². The first-order chi connectivity index (χ1) is 23.1. The SMILES string of the molecule is COC(=O)c1cccc(-c2cn(C3COCC(SC4OC(CO)C(O)C(n5cc(-c6cc(F)c(F)c(F)c6)nn5)C4OC)C3O)nn2)n1. The first-order valence-electron chi connectivity index (χ1n) is 14.6. The lowest BCUT2D eigenvalue weighted by Gasteiger charge is -2.45. The lowest BCUT2D eigenvalue weighted by molar-refractivity contribution is -0.186. The van der Waals surface area contributed by atoms with Gasteiger partial charge in [0, 0.05) is 12.7 Å². The van der Waals surface area contributed by atoms with Crippen molar-refractivity contribution in [3.05, 3.63) is 65.9 Å². The van der Waals surface area contributed by atoms with E-state index in [1.165, 1.54) is 35.8 Å². The maximum atomic E-state index is 13.9. The molecule has 2 aliphatic heterocycles. The molecule has 0 amide bonds. The number of halogens is 3. The van der Waals surface area contributed by atoms with Crippen LogP contribution < -0.4 is 0 Å². The average molecular weight is 694 g/mol. The predicted octanol–water partition coefficient (Wildman–Crippen LogP) is 1.17. The Kier molecular flexibility index (Phi) is 10.1. The number of esters is 1. The predicted molar refractivity (Wildman–Crippen MR) is 159 cm³/mol. The van der Waals surface area contributed by atoms with E-state index in [4.69, 9.17) is 18.9 Å². The van der Waals surface area contributed by atoms with Gasteiger partial charge in [0.25, 0.3) is 0 Å². The summed E-state index contributed by atoms with van der Waals surface area (Å²) < 4.78 is 66.3. The maximum Gasteiger partial charge on any atom is 0.356 e. The molecule has 5 heterocycles. The molecule has 2 fully saturated rings.